The molecule has 3 aromatic rings. The Morgan fingerprint density at radius 1 is 1.23 bits per heavy atom. The lowest BCUT2D eigenvalue weighted by Crippen LogP contribution is -2.49. The van der Waals surface area contributed by atoms with Gasteiger partial charge in [-0.3, -0.25) is 9.69 Å². The molecule has 0 spiro atoms. The first kappa shape index (κ1) is 20.0. The average molecular weight is 412 g/mol. The molecular formula is C21H24N4O5. The van der Waals surface area contributed by atoms with E-state index in [0.717, 1.165) is 5.56 Å². The molecule has 1 fully saturated rings. The van der Waals surface area contributed by atoms with Gasteiger partial charge in [0.2, 0.25) is 17.6 Å². The van der Waals surface area contributed by atoms with E-state index in [1.54, 1.807) is 32.6 Å². The van der Waals surface area contributed by atoms with Crippen molar-refractivity contribution in [2.24, 2.45) is 0 Å². The molecule has 9 nitrogen and oxygen atoms in total. The molecule has 4 rings (SSSR count). The molecule has 0 aliphatic carbocycles. The second-order valence-electron chi connectivity index (χ2n) is 7.11. The number of methoxy groups -OCH3 is 2. The Balaban J connectivity index is 1.18. The first-order chi connectivity index (χ1) is 14.7. The lowest BCUT2D eigenvalue weighted by atomic mass is 10.0. The second kappa shape index (κ2) is 9.00. The SMILES string of the molecule is COc1ccc(CCNC(=O)CN2CC(c3nc(-c4ccco4)no3)C2)cc1OC. The third-order valence-corrected chi connectivity index (χ3v) is 5.04. The number of carbonyl (C=O) groups excluding carboxylic acids is 1. The zero-order valence-electron chi connectivity index (χ0n) is 17.0. The van der Waals surface area contributed by atoms with Crippen molar-refractivity contribution in [2.75, 3.05) is 40.4 Å². The molecule has 30 heavy (non-hydrogen) atoms. The van der Waals surface area contributed by atoms with Gasteiger partial charge in [-0.25, -0.2) is 0 Å². The van der Waals surface area contributed by atoms with Crippen LogP contribution in [-0.2, 0) is 11.2 Å². The number of ether oxygens (including phenoxy) is 2. The van der Waals surface area contributed by atoms with E-state index >= 15 is 0 Å². The highest BCUT2D eigenvalue weighted by Crippen LogP contribution is 2.28. The Labute approximate surface area is 174 Å². The normalized spacial score (nSPS) is 14.3. The molecule has 0 bridgehead atoms. The number of likely N-dealkylation sites (tertiary alicyclic amines) is 1. The summed E-state index contributed by atoms with van der Waals surface area (Å²) in [7, 11) is 3.21. The Kier molecular flexibility index (Phi) is 5.99. The van der Waals surface area contributed by atoms with Crippen LogP contribution in [-0.4, -0.2) is 61.3 Å². The Bertz CT molecular complexity index is 979. The Morgan fingerprint density at radius 3 is 2.80 bits per heavy atom. The van der Waals surface area contributed by atoms with E-state index < -0.39 is 0 Å². The molecule has 2 aromatic heterocycles. The van der Waals surface area contributed by atoms with Gasteiger partial charge in [0, 0.05) is 19.6 Å². The van der Waals surface area contributed by atoms with E-state index in [9.17, 15) is 4.79 Å². The number of rotatable bonds is 9. The van der Waals surface area contributed by atoms with Crippen LogP contribution >= 0.6 is 0 Å². The van der Waals surface area contributed by atoms with Crippen molar-refractivity contribution in [1.82, 2.24) is 20.4 Å². The monoisotopic (exact) mass is 412 g/mol. The molecule has 0 atom stereocenters. The molecule has 0 radical (unpaired) electrons. The number of furan rings is 1. The van der Waals surface area contributed by atoms with Crippen LogP contribution in [0.15, 0.2) is 45.5 Å². The van der Waals surface area contributed by atoms with Gasteiger partial charge >= 0.3 is 0 Å². The summed E-state index contributed by atoms with van der Waals surface area (Å²) in [5, 5.41) is 6.90. The summed E-state index contributed by atoms with van der Waals surface area (Å²) in [4.78, 5) is 18.6. The maximum atomic E-state index is 12.2. The number of benzene rings is 1. The molecule has 9 heteroatoms. The van der Waals surface area contributed by atoms with Crippen LogP contribution in [0.1, 0.15) is 17.4 Å². The first-order valence-electron chi connectivity index (χ1n) is 9.73. The Morgan fingerprint density at radius 2 is 2.07 bits per heavy atom. The van der Waals surface area contributed by atoms with Gasteiger partial charge in [-0.2, -0.15) is 4.98 Å². The van der Waals surface area contributed by atoms with E-state index in [0.29, 0.717) is 61.6 Å². The van der Waals surface area contributed by atoms with Crippen LogP contribution in [0.2, 0.25) is 0 Å². The van der Waals surface area contributed by atoms with Gasteiger partial charge < -0.3 is 23.7 Å². The molecular weight excluding hydrogens is 388 g/mol. The zero-order chi connectivity index (χ0) is 20.9. The number of nitrogens with zero attached hydrogens (tertiary/aromatic N) is 3. The van der Waals surface area contributed by atoms with Gasteiger partial charge in [0.1, 0.15) is 0 Å². The minimum Gasteiger partial charge on any atom is -0.493 e. The number of nitrogens with one attached hydrogen (secondary N) is 1. The second-order valence-corrected chi connectivity index (χ2v) is 7.11. The third kappa shape index (κ3) is 4.46. The van der Waals surface area contributed by atoms with Gasteiger partial charge in [0.05, 0.1) is 32.9 Å². The summed E-state index contributed by atoms with van der Waals surface area (Å²) < 4.78 is 21.1. The van der Waals surface area contributed by atoms with Crippen molar-refractivity contribution in [3.8, 4) is 23.1 Å². The van der Waals surface area contributed by atoms with Crippen molar-refractivity contribution >= 4 is 5.91 Å². The van der Waals surface area contributed by atoms with Crippen LogP contribution in [0.4, 0.5) is 0 Å². The highest BCUT2D eigenvalue weighted by Gasteiger charge is 2.33. The third-order valence-electron chi connectivity index (χ3n) is 5.04. The molecule has 1 N–H and O–H groups in total. The lowest BCUT2D eigenvalue weighted by molar-refractivity contribution is -0.123. The molecule has 0 unspecified atom stereocenters. The molecule has 1 aromatic carbocycles. The van der Waals surface area contributed by atoms with Gasteiger partial charge in [0.25, 0.3) is 0 Å². The summed E-state index contributed by atoms with van der Waals surface area (Å²) in [6.45, 7) is 2.33. The number of hydrogen-bond donors (Lipinski definition) is 1. The molecule has 3 heterocycles. The maximum absolute atomic E-state index is 12.2. The van der Waals surface area contributed by atoms with Crippen LogP contribution in [0, 0.1) is 0 Å². The van der Waals surface area contributed by atoms with E-state index in [2.05, 4.69) is 15.5 Å². The van der Waals surface area contributed by atoms with Crippen LogP contribution in [0.25, 0.3) is 11.6 Å². The maximum Gasteiger partial charge on any atom is 0.238 e. The van der Waals surface area contributed by atoms with E-state index in [1.165, 1.54) is 0 Å². The summed E-state index contributed by atoms with van der Waals surface area (Å²) in [5.74, 6) is 3.11. The predicted molar refractivity (Wildman–Crippen MR) is 107 cm³/mol. The zero-order valence-corrected chi connectivity index (χ0v) is 17.0. The Hall–Kier alpha value is -3.33. The van der Waals surface area contributed by atoms with Gasteiger partial charge in [-0.15, -0.1) is 0 Å². The average Bonchev–Trinajstić information content (AvgIpc) is 3.42. The van der Waals surface area contributed by atoms with Gasteiger partial charge in [-0.05, 0) is 36.2 Å². The molecule has 0 saturated carbocycles. The van der Waals surface area contributed by atoms with Crippen molar-refractivity contribution < 1.29 is 23.2 Å². The fourth-order valence-corrected chi connectivity index (χ4v) is 3.40. The minimum absolute atomic E-state index is 0.00395. The number of carbonyl (C=O) groups is 1. The van der Waals surface area contributed by atoms with Crippen LogP contribution in [0.3, 0.4) is 0 Å². The van der Waals surface area contributed by atoms with E-state index in [1.807, 2.05) is 23.1 Å². The molecule has 1 aliphatic rings. The predicted octanol–water partition coefficient (Wildman–Crippen LogP) is 2.10. The largest absolute Gasteiger partial charge is 0.493 e. The number of aromatic nitrogens is 2. The van der Waals surface area contributed by atoms with Crippen LogP contribution < -0.4 is 14.8 Å². The number of hydrogen-bond acceptors (Lipinski definition) is 8. The van der Waals surface area contributed by atoms with Crippen molar-refractivity contribution in [3.05, 3.63) is 48.0 Å². The molecule has 158 valence electrons. The van der Waals surface area contributed by atoms with Crippen LogP contribution in [0.5, 0.6) is 11.5 Å². The summed E-state index contributed by atoms with van der Waals surface area (Å²) >= 11 is 0. The number of amides is 1. The van der Waals surface area contributed by atoms with E-state index in [-0.39, 0.29) is 11.8 Å². The molecule has 1 saturated heterocycles. The van der Waals surface area contributed by atoms with Gasteiger partial charge in [-0.1, -0.05) is 11.2 Å². The first-order valence-corrected chi connectivity index (χ1v) is 9.73. The van der Waals surface area contributed by atoms with Crippen molar-refractivity contribution in [2.45, 2.75) is 12.3 Å². The summed E-state index contributed by atoms with van der Waals surface area (Å²) in [5.41, 5.74) is 1.07. The fourth-order valence-electron chi connectivity index (χ4n) is 3.40. The molecule has 1 amide bonds. The highest BCUT2D eigenvalue weighted by molar-refractivity contribution is 5.78. The van der Waals surface area contributed by atoms with E-state index in [4.69, 9.17) is 18.4 Å². The minimum atomic E-state index is -0.00395. The van der Waals surface area contributed by atoms with Crippen molar-refractivity contribution in [3.63, 3.8) is 0 Å². The lowest BCUT2D eigenvalue weighted by Gasteiger charge is -2.36. The highest BCUT2D eigenvalue weighted by atomic mass is 16.5. The molecule has 1 aliphatic heterocycles. The van der Waals surface area contributed by atoms with Gasteiger partial charge in [0.15, 0.2) is 17.3 Å². The smallest absolute Gasteiger partial charge is 0.238 e. The quantitative estimate of drug-likeness (QED) is 0.570. The standard InChI is InChI=1S/C21H24N4O5/c1-27-16-6-5-14(10-18(16)28-2)7-8-22-19(26)13-25-11-15(12-25)21-23-20(24-30-21)17-4-3-9-29-17/h3-6,9-10,15H,7-8,11-13H2,1-2H3,(H,22,26). The topological polar surface area (TPSA) is 103 Å². The summed E-state index contributed by atoms with van der Waals surface area (Å²) in [6.07, 6.45) is 2.28. The summed E-state index contributed by atoms with van der Waals surface area (Å²) in [6, 6.07) is 9.32. The van der Waals surface area contributed by atoms with Crippen molar-refractivity contribution in [1.29, 1.82) is 0 Å². The fraction of sp³-hybridized carbons (Fsp3) is 0.381.